The number of carbonyl (C=O) groups is 2. The standard InChI is InChI=1S/C22H24N4OS.CH2O2/c23-21-25-19(16-28-21)22(17-6-2-1-3-7-17)11-14-26(15-12-22)20(27)10-9-18-8-4-5-13-24-18;2-1-3/h1-8,13,16H,9-12,14-15H2,(H2,23,25);1H,(H,2,3). The first-order chi connectivity index (χ1) is 15.1. The number of nitrogens with two attached hydrogens (primary N) is 1. The molecule has 0 unspecified atom stereocenters. The Bertz CT molecular complexity index is 971. The average Bonchev–Trinajstić information content (AvgIpc) is 3.26. The highest BCUT2D eigenvalue weighted by Crippen LogP contribution is 2.42. The van der Waals surface area contributed by atoms with Gasteiger partial charge >= 0.3 is 0 Å². The fourth-order valence-electron chi connectivity index (χ4n) is 4.03. The van der Waals surface area contributed by atoms with E-state index >= 15 is 0 Å². The summed E-state index contributed by atoms with van der Waals surface area (Å²) < 4.78 is 0. The smallest absolute Gasteiger partial charge is 0.290 e. The van der Waals surface area contributed by atoms with Gasteiger partial charge in [0.1, 0.15) is 0 Å². The number of carboxylic acid groups (broad SMARTS) is 1. The van der Waals surface area contributed by atoms with E-state index in [1.165, 1.54) is 16.9 Å². The van der Waals surface area contributed by atoms with Crippen LogP contribution in [0.25, 0.3) is 0 Å². The Labute approximate surface area is 185 Å². The van der Waals surface area contributed by atoms with Gasteiger partial charge in [0.15, 0.2) is 5.13 Å². The van der Waals surface area contributed by atoms with Gasteiger partial charge < -0.3 is 15.7 Å². The lowest BCUT2D eigenvalue weighted by Gasteiger charge is -2.41. The second-order valence-electron chi connectivity index (χ2n) is 7.33. The van der Waals surface area contributed by atoms with Crippen molar-refractivity contribution in [2.45, 2.75) is 31.1 Å². The third-order valence-corrected chi connectivity index (χ3v) is 6.30. The number of aromatic nitrogens is 2. The van der Waals surface area contributed by atoms with Gasteiger partial charge in [0, 0.05) is 42.2 Å². The lowest BCUT2D eigenvalue weighted by Crippen LogP contribution is -2.46. The zero-order valence-corrected chi connectivity index (χ0v) is 18.0. The van der Waals surface area contributed by atoms with Crippen LogP contribution in [-0.2, 0) is 21.4 Å². The first-order valence-electron chi connectivity index (χ1n) is 10.1. The van der Waals surface area contributed by atoms with Crippen LogP contribution in [0, 0.1) is 0 Å². The van der Waals surface area contributed by atoms with Crippen LogP contribution in [0.2, 0.25) is 0 Å². The molecule has 0 radical (unpaired) electrons. The van der Waals surface area contributed by atoms with Crippen LogP contribution in [0.4, 0.5) is 5.13 Å². The molecule has 1 fully saturated rings. The molecule has 0 aliphatic carbocycles. The van der Waals surface area contributed by atoms with E-state index in [9.17, 15) is 4.79 Å². The molecule has 2 aromatic heterocycles. The zero-order valence-electron chi connectivity index (χ0n) is 17.2. The van der Waals surface area contributed by atoms with Gasteiger partial charge in [0.2, 0.25) is 5.91 Å². The van der Waals surface area contributed by atoms with E-state index in [0.717, 1.165) is 37.3 Å². The van der Waals surface area contributed by atoms with E-state index in [1.54, 1.807) is 6.20 Å². The lowest BCUT2D eigenvalue weighted by molar-refractivity contribution is -0.132. The van der Waals surface area contributed by atoms with Gasteiger partial charge in [-0.15, -0.1) is 11.3 Å². The molecule has 0 bridgehead atoms. The monoisotopic (exact) mass is 438 g/mol. The molecule has 0 atom stereocenters. The molecule has 1 aromatic carbocycles. The molecule has 0 saturated carbocycles. The van der Waals surface area contributed by atoms with Gasteiger partial charge in [0.05, 0.1) is 5.69 Å². The summed E-state index contributed by atoms with van der Waals surface area (Å²) in [4.78, 5) is 32.0. The molecule has 3 N–H and O–H groups in total. The van der Waals surface area contributed by atoms with Crippen molar-refractivity contribution in [2.75, 3.05) is 18.8 Å². The first kappa shape index (κ1) is 22.4. The Morgan fingerprint density at radius 3 is 2.42 bits per heavy atom. The Hall–Kier alpha value is -3.26. The Morgan fingerprint density at radius 1 is 1.16 bits per heavy atom. The predicted octanol–water partition coefficient (Wildman–Crippen LogP) is 3.36. The SMILES string of the molecule is Nc1nc(C2(c3ccccc3)CCN(C(=O)CCc3ccccn3)CC2)cs1.O=CO. The minimum atomic E-state index is -0.250. The number of thiazole rings is 1. The maximum absolute atomic E-state index is 12.7. The van der Waals surface area contributed by atoms with Gasteiger partial charge in [-0.1, -0.05) is 36.4 Å². The van der Waals surface area contributed by atoms with Crippen molar-refractivity contribution in [3.8, 4) is 0 Å². The highest BCUT2D eigenvalue weighted by atomic mass is 32.1. The Balaban J connectivity index is 0.000000858. The number of benzene rings is 1. The van der Waals surface area contributed by atoms with Gasteiger partial charge in [-0.05, 0) is 37.0 Å². The number of nitrogens with zero attached hydrogens (tertiary/aromatic N) is 3. The molecule has 0 spiro atoms. The maximum Gasteiger partial charge on any atom is 0.290 e. The number of aryl methyl sites for hydroxylation is 1. The van der Waals surface area contributed by atoms with Crippen LogP contribution in [0.3, 0.4) is 0 Å². The molecule has 31 heavy (non-hydrogen) atoms. The molecule has 3 aromatic rings. The fourth-order valence-corrected chi connectivity index (χ4v) is 4.70. The molecule has 3 heterocycles. The van der Waals surface area contributed by atoms with Crippen molar-refractivity contribution in [2.24, 2.45) is 0 Å². The van der Waals surface area contributed by atoms with Crippen LogP contribution in [0.1, 0.15) is 36.2 Å². The van der Waals surface area contributed by atoms with Crippen molar-refractivity contribution in [3.63, 3.8) is 0 Å². The summed E-state index contributed by atoms with van der Waals surface area (Å²) in [5, 5.41) is 9.56. The molecule has 162 valence electrons. The number of amides is 1. The van der Waals surface area contributed by atoms with Gasteiger partial charge in [-0.25, -0.2) is 4.98 Å². The van der Waals surface area contributed by atoms with E-state index in [4.69, 9.17) is 15.6 Å². The van der Waals surface area contributed by atoms with Crippen molar-refractivity contribution in [1.29, 1.82) is 0 Å². The minimum Gasteiger partial charge on any atom is -0.483 e. The van der Waals surface area contributed by atoms with E-state index < -0.39 is 0 Å². The minimum absolute atomic E-state index is 0.173. The topological polar surface area (TPSA) is 109 Å². The van der Waals surface area contributed by atoms with Crippen molar-refractivity contribution in [1.82, 2.24) is 14.9 Å². The number of piperidine rings is 1. The predicted molar refractivity (Wildman–Crippen MR) is 121 cm³/mol. The molecule has 8 heteroatoms. The number of rotatable bonds is 5. The summed E-state index contributed by atoms with van der Waals surface area (Å²) in [5.41, 5.74) is 9.00. The Kier molecular flexibility index (Phi) is 7.72. The van der Waals surface area contributed by atoms with Gasteiger partial charge in [-0.3, -0.25) is 14.6 Å². The number of carbonyl (C=O) groups excluding carboxylic acids is 1. The zero-order chi connectivity index (χ0) is 22.1. The fraction of sp³-hybridized carbons (Fsp3) is 0.304. The van der Waals surface area contributed by atoms with E-state index in [-0.39, 0.29) is 17.8 Å². The molecular formula is C23H26N4O3S. The summed E-state index contributed by atoms with van der Waals surface area (Å²) in [6, 6.07) is 16.3. The number of hydrogen-bond acceptors (Lipinski definition) is 6. The highest BCUT2D eigenvalue weighted by molar-refractivity contribution is 7.13. The summed E-state index contributed by atoms with van der Waals surface area (Å²) >= 11 is 1.48. The summed E-state index contributed by atoms with van der Waals surface area (Å²) in [6.07, 6.45) is 4.67. The molecule has 7 nitrogen and oxygen atoms in total. The molecule has 1 aliphatic rings. The number of nitrogen functional groups attached to an aromatic ring is 1. The molecule has 1 saturated heterocycles. The highest BCUT2D eigenvalue weighted by Gasteiger charge is 2.40. The molecule has 4 rings (SSSR count). The molecule has 1 amide bonds. The van der Waals surface area contributed by atoms with Crippen LogP contribution >= 0.6 is 11.3 Å². The largest absolute Gasteiger partial charge is 0.483 e. The summed E-state index contributed by atoms with van der Waals surface area (Å²) in [5.74, 6) is 0.199. The number of anilines is 1. The second kappa shape index (κ2) is 10.7. The summed E-state index contributed by atoms with van der Waals surface area (Å²) in [7, 11) is 0. The second-order valence-corrected chi connectivity index (χ2v) is 8.22. The number of pyridine rings is 1. The first-order valence-corrected chi connectivity index (χ1v) is 11.0. The van der Waals surface area contributed by atoms with Crippen molar-refractivity contribution in [3.05, 3.63) is 77.1 Å². The molecular weight excluding hydrogens is 412 g/mol. The van der Waals surface area contributed by atoms with E-state index in [0.29, 0.717) is 18.0 Å². The van der Waals surface area contributed by atoms with E-state index in [2.05, 4.69) is 39.6 Å². The van der Waals surface area contributed by atoms with E-state index in [1.807, 2.05) is 29.2 Å². The van der Waals surface area contributed by atoms with Crippen LogP contribution in [-0.4, -0.2) is 45.4 Å². The normalized spacial score (nSPS) is 14.9. The van der Waals surface area contributed by atoms with Crippen LogP contribution in [0.15, 0.2) is 60.1 Å². The lowest BCUT2D eigenvalue weighted by atomic mass is 9.70. The quantitative estimate of drug-likeness (QED) is 0.591. The Morgan fingerprint density at radius 2 is 1.84 bits per heavy atom. The van der Waals surface area contributed by atoms with Gasteiger partial charge in [0.25, 0.3) is 6.47 Å². The third-order valence-electron chi connectivity index (χ3n) is 5.63. The van der Waals surface area contributed by atoms with Crippen LogP contribution in [0.5, 0.6) is 0 Å². The average molecular weight is 439 g/mol. The van der Waals surface area contributed by atoms with Crippen molar-refractivity contribution >= 4 is 28.8 Å². The maximum atomic E-state index is 12.7. The molecule has 1 aliphatic heterocycles. The van der Waals surface area contributed by atoms with Crippen molar-refractivity contribution < 1.29 is 14.7 Å². The summed E-state index contributed by atoms with van der Waals surface area (Å²) in [6.45, 7) is 1.21. The van der Waals surface area contributed by atoms with Gasteiger partial charge in [-0.2, -0.15) is 0 Å². The van der Waals surface area contributed by atoms with Crippen LogP contribution < -0.4 is 5.73 Å². The number of likely N-dealkylation sites (tertiary alicyclic amines) is 1. The third kappa shape index (κ3) is 5.46. The number of hydrogen-bond donors (Lipinski definition) is 2.